The van der Waals surface area contributed by atoms with E-state index in [1.165, 1.54) is 4.90 Å². The molecule has 1 amide bonds. The fourth-order valence-corrected chi connectivity index (χ4v) is 1.72. The van der Waals surface area contributed by atoms with E-state index in [2.05, 4.69) is 5.43 Å². The molecular weight excluding hydrogens is 222 g/mol. The van der Waals surface area contributed by atoms with Gasteiger partial charge in [-0.25, -0.2) is 10.2 Å². The van der Waals surface area contributed by atoms with Crippen LogP contribution in [0.4, 0.5) is 4.79 Å². The number of amides is 1. The molecule has 6 heteroatoms. The molecule has 1 fully saturated rings. The Balaban J connectivity index is 2.51. The van der Waals surface area contributed by atoms with Crippen LogP contribution < -0.4 is 5.43 Å². The number of ether oxygens (including phenoxy) is 1. The first kappa shape index (κ1) is 14.2. The molecule has 0 saturated carbocycles. The Labute approximate surface area is 102 Å². The van der Waals surface area contributed by atoms with Crippen molar-refractivity contribution in [3.05, 3.63) is 0 Å². The van der Waals surface area contributed by atoms with E-state index in [4.69, 9.17) is 4.74 Å². The minimum atomic E-state index is -0.565. The molecule has 0 aliphatic carbocycles. The predicted molar refractivity (Wildman–Crippen MR) is 64.4 cm³/mol. The van der Waals surface area contributed by atoms with Gasteiger partial charge in [-0.2, -0.15) is 0 Å². The van der Waals surface area contributed by atoms with Gasteiger partial charge in [0.25, 0.3) is 0 Å². The topological polar surface area (TPSA) is 65.0 Å². The quantitative estimate of drug-likeness (QED) is 0.672. The third-order valence-electron chi connectivity index (χ3n) is 2.36. The highest BCUT2D eigenvalue weighted by atomic mass is 16.6. The molecule has 0 aromatic rings. The zero-order valence-corrected chi connectivity index (χ0v) is 11.2. The van der Waals surface area contributed by atoms with Crippen molar-refractivity contribution >= 4 is 6.09 Å². The largest absolute Gasteiger partial charge is 0.444 e. The lowest BCUT2D eigenvalue weighted by molar-refractivity contribution is 0.0269. The van der Waals surface area contributed by atoms with Crippen LogP contribution in [0.1, 0.15) is 20.8 Å². The van der Waals surface area contributed by atoms with Crippen molar-refractivity contribution in [2.45, 2.75) is 38.5 Å². The molecule has 1 heterocycles. The van der Waals surface area contributed by atoms with Gasteiger partial charge in [-0.15, -0.1) is 0 Å². The van der Waals surface area contributed by atoms with Crippen LogP contribution in [0.2, 0.25) is 0 Å². The Morgan fingerprint density at radius 3 is 2.47 bits per heavy atom. The number of carbonyl (C=O) groups excluding carboxylic acids is 1. The summed E-state index contributed by atoms with van der Waals surface area (Å²) in [5, 5.41) is 11.6. The van der Waals surface area contributed by atoms with Gasteiger partial charge in [0.2, 0.25) is 0 Å². The van der Waals surface area contributed by atoms with E-state index >= 15 is 0 Å². The predicted octanol–water partition coefficient (Wildman–Crippen LogP) is 0.0328. The van der Waals surface area contributed by atoms with Crippen LogP contribution in [0, 0.1) is 0 Å². The van der Waals surface area contributed by atoms with Gasteiger partial charge in [-0.1, -0.05) is 0 Å². The van der Waals surface area contributed by atoms with Gasteiger partial charge >= 0.3 is 6.09 Å². The molecule has 2 atom stereocenters. The first-order valence-electron chi connectivity index (χ1n) is 5.78. The highest BCUT2D eigenvalue weighted by Crippen LogP contribution is 2.15. The molecule has 0 spiro atoms. The van der Waals surface area contributed by atoms with Crippen molar-refractivity contribution in [2.75, 3.05) is 27.2 Å². The van der Waals surface area contributed by atoms with Gasteiger partial charge in [0, 0.05) is 20.6 Å². The first-order valence-corrected chi connectivity index (χ1v) is 5.78. The fraction of sp³-hybridized carbons (Fsp3) is 0.909. The van der Waals surface area contributed by atoms with E-state index in [1.54, 1.807) is 5.01 Å². The van der Waals surface area contributed by atoms with E-state index in [9.17, 15) is 9.90 Å². The van der Waals surface area contributed by atoms with Crippen LogP contribution in [0.3, 0.4) is 0 Å². The zero-order valence-electron chi connectivity index (χ0n) is 11.2. The lowest BCUT2D eigenvalue weighted by Gasteiger charge is -2.24. The third-order valence-corrected chi connectivity index (χ3v) is 2.36. The molecule has 1 rings (SSSR count). The monoisotopic (exact) mass is 245 g/mol. The summed E-state index contributed by atoms with van der Waals surface area (Å²) in [5.74, 6) is 0. The van der Waals surface area contributed by atoms with E-state index < -0.39 is 11.7 Å². The van der Waals surface area contributed by atoms with Crippen molar-refractivity contribution in [3.63, 3.8) is 0 Å². The van der Waals surface area contributed by atoms with Gasteiger partial charge < -0.3 is 14.7 Å². The summed E-state index contributed by atoms with van der Waals surface area (Å²) in [6.45, 7) is 6.24. The van der Waals surface area contributed by atoms with Gasteiger partial charge in [0.15, 0.2) is 0 Å². The van der Waals surface area contributed by atoms with Crippen molar-refractivity contribution in [3.8, 4) is 0 Å². The molecule has 1 aliphatic heterocycles. The van der Waals surface area contributed by atoms with Gasteiger partial charge in [0.1, 0.15) is 5.60 Å². The third kappa shape index (κ3) is 4.49. The summed E-state index contributed by atoms with van der Waals surface area (Å²) in [5.41, 5.74) is 2.57. The average Bonchev–Trinajstić information content (AvgIpc) is 2.44. The minimum Gasteiger partial charge on any atom is -0.444 e. The molecular formula is C11H23N3O3. The molecule has 17 heavy (non-hydrogen) atoms. The first-order chi connectivity index (χ1) is 7.69. The van der Waals surface area contributed by atoms with Crippen LogP contribution in [-0.4, -0.2) is 66.0 Å². The molecule has 2 N–H and O–H groups in total. The van der Waals surface area contributed by atoms with Crippen molar-refractivity contribution < 1.29 is 14.6 Å². The second-order valence-corrected chi connectivity index (χ2v) is 5.58. The molecule has 0 bridgehead atoms. The van der Waals surface area contributed by atoms with Gasteiger partial charge in [0.05, 0.1) is 18.7 Å². The van der Waals surface area contributed by atoms with E-state index in [0.717, 1.165) is 0 Å². The molecule has 0 unspecified atom stereocenters. The average molecular weight is 245 g/mol. The Hall–Kier alpha value is -0.850. The number of nitrogens with one attached hydrogen (secondary N) is 1. The number of aliphatic hydroxyl groups is 1. The van der Waals surface area contributed by atoms with E-state index in [-0.39, 0.29) is 12.1 Å². The summed E-state index contributed by atoms with van der Waals surface area (Å²) in [4.78, 5) is 13.3. The lowest BCUT2D eigenvalue weighted by Crippen LogP contribution is -2.46. The minimum absolute atomic E-state index is 0.141. The number of carbonyl (C=O) groups is 1. The standard InChI is InChI=1S/C11H23N3O3/c1-11(2,3)17-10(16)14-6-8(9(15)7-14)12-13(4)5/h8-9,12,15H,6-7H2,1-5H3/t8-,9-/m1/s1. The number of likely N-dealkylation sites (tertiary alicyclic amines) is 1. The number of β-amino-alcohol motifs (C(OH)–C–C–N with tert-alkyl or cyclic N) is 1. The molecule has 0 radical (unpaired) electrons. The fourth-order valence-electron chi connectivity index (χ4n) is 1.72. The second kappa shape index (κ2) is 5.20. The highest BCUT2D eigenvalue weighted by molar-refractivity contribution is 5.68. The summed E-state index contributed by atoms with van der Waals surface area (Å²) in [6, 6.07) is -0.141. The summed E-state index contributed by atoms with van der Waals surface area (Å²) >= 11 is 0. The van der Waals surface area contributed by atoms with Crippen molar-refractivity contribution in [2.24, 2.45) is 0 Å². The Morgan fingerprint density at radius 2 is 2.00 bits per heavy atom. The van der Waals surface area contributed by atoms with E-state index in [0.29, 0.717) is 13.1 Å². The molecule has 0 aromatic carbocycles. The van der Waals surface area contributed by atoms with Crippen LogP contribution >= 0.6 is 0 Å². The molecule has 1 aliphatic rings. The maximum absolute atomic E-state index is 11.8. The molecule has 100 valence electrons. The number of hydrogen-bond acceptors (Lipinski definition) is 5. The Bertz CT molecular complexity index is 276. The molecule has 1 saturated heterocycles. The smallest absolute Gasteiger partial charge is 0.410 e. The summed E-state index contributed by atoms with van der Waals surface area (Å²) in [7, 11) is 3.70. The number of nitrogens with zero attached hydrogens (tertiary/aromatic N) is 2. The van der Waals surface area contributed by atoms with Crippen LogP contribution in [0.15, 0.2) is 0 Å². The number of hydrazine groups is 1. The summed E-state index contributed by atoms with van der Waals surface area (Å²) in [6.07, 6.45) is -0.940. The second-order valence-electron chi connectivity index (χ2n) is 5.58. The Morgan fingerprint density at radius 1 is 1.41 bits per heavy atom. The normalized spacial score (nSPS) is 25.5. The highest BCUT2D eigenvalue weighted by Gasteiger charge is 2.36. The van der Waals surface area contributed by atoms with Crippen LogP contribution in [0.25, 0.3) is 0 Å². The molecule has 6 nitrogen and oxygen atoms in total. The van der Waals surface area contributed by atoms with Crippen LogP contribution in [-0.2, 0) is 4.74 Å². The summed E-state index contributed by atoms with van der Waals surface area (Å²) < 4.78 is 5.26. The SMILES string of the molecule is CN(C)N[C@@H]1CN(C(=O)OC(C)(C)C)C[C@H]1O. The van der Waals surface area contributed by atoms with Crippen molar-refractivity contribution in [1.29, 1.82) is 0 Å². The number of aliphatic hydroxyl groups excluding tert-OH is 1. The number of rotatable bonds is 2. The lowest BCUT2D eigenvalue weighted by atomic mass is 10.2. The van der Waals surface area contributed by atoms with Crippen LogP contribution in [0.5, 0.6) is 0 Å². The maximum atomic E-state index is 11.8. The van der Waals surface area contributed by atoms with Gasteiger partial charge in [-0.3, -0.25) is 5.01 Å². The zero-order chi connectivity index (χ0) is 13.2. The van der Waals surface area contributed by atoms with E-state index in [1.807, 2.05) is 34.9 Å². The molecule has 0 aromatic heterocycles. The van der Waals surface area contributed by atoms with Gasteiger partial charge in [-0.05, 0) is 20.8 Å². The Kier molecular flexibility index (Phi) is 4.35. The van der Waals surface area contributed by atoms with Crippen molar-refractivity contribution in [1.82, 2.24) is 15.3 Å². The maximum Gasteiger partial charge on any atom is 0.410 e. The number of hydrogen-bond donors (Lipinski definition) is 2.